The van der Waals surface area contributed by atoms with E-state index in [1.54, 1.807) is 6.92 Å². The minimum atomic E-state index is -2.99. The molecule has 1 saturated carbocycles. The molecule has 0 aromatic heterocycles. The van der Waals surface area contributed by atoms with Gasteiger partial charge in [0.05, 0.1) is 10.2 Å². The van der Waals surface area contributed by atoms with Crippen molar-refractivity contribution in [3.63, 3.8) is 0 Å². The van der Waals surface area contributed by atoms with Crippen LogP contribution in [0.2, 0.25) is 0 Å². The lowest BCUT2D eigenvalue weighted by Gasteiger charge is -2.14. The van der Waals surface area contributed by atoms with Crippen molar-refractivity contribution in [3.05, 3.63) is 28.2 Å². The second-order valence-electron chi connectivity index (χ2n) is 4.97. The Hall–Kier alpha value is -0.590. The Morgan fingerprint density at radius 3 is 2.80 bits per heavy atom. The normalized spacial score (nSPS) is 15.3. The van der Waals surface area contributed by atoms with E-state index in [4.69, 9.17) is 4.74 Å². The summed E-state index contributed by atoms with van der Waals surface area (Å²) in [7, 11) is -2.99. The Balaban J connectivity index is 1.97. The lowest BCUT2D eigenvalue weighted by molar-refractivity contribution is 0.334. The number of benzene rings is 1. The van der Waals surface area contributed by atoms with Crippen LogP contribution in [0.1, 0.15) is 25.3 Å². The van der Waals surface area contributed by atoms with Crippen molar-refractivity contribution in [2.75, 3.05) is 18.1 Å². The van der Waals surface area contributed by atoms with E-state index in [1.165, 1.54) is 12.8 Å². The first-order valence-corrected chi connectivity index (χ1v) is 9.47. The Morgan fingerprint density at radius 1 is 1.40 bits per heavy atom. The maximum Gasteiger partial charge on any atom is 0.153 e. The first-order chi connectivity index (χ1) is 9.52. The molecular formula is C14H20BrNO3S. The molecule has 1 aromatic carbocycles. The monoisotopic (exact) mass is 361 g/mol. The maximum absolute atomic E-state index is 11.5. The van der Waals surface area contributed by atoms with E-state index < -0.39 is 9.84 Å². The summed E-state index contributed by atoms with van der Waals surface area (Å²) < 4.78 is 29.5. The van der Waals surface area contributed by atoms with Gasteiger partial charge >= 0.3 is 0 Å². The van der Waals surface area contributed by atoms with Crippen LogP contribution in [0.4, 0.5) is 0 Å². The van der Waals surface area contributed by atoms with Crippen LogP contribution in [0, 0.1) is 0 Å². The van der Waals surface area contributed by atoms with Gasteiger partial charge in [-0.3, -0.25) is 0 Å². The highest BCUT2D eigenvalue weighted by atomic mass is 79.9. The highest BCUT2D eigenvalue weighted by Gasteiger charge is 2.21. The summed E-state index contributed by atoms with van der Waals surface area (Å²) in [5.41, 5.74) is 1.06. The van der Waals surface area contributed by atoms with E-state index in [-0.39, 0.29) is 18.1 Å². The van der Waals surface area contributed by atoms with Crippen LogP contribution >= 0.6 is 15.9 Å². The predicted octanol–water partition coefficient (Wildman–Crippen LogP) is 2.51. The highest BCUT2D eigenvalue weighted by molar-refractivity contribution is 9.10. The van der Waals surface area contributed by atoms with E-state index in [9.17, 15) is 8.42 Å². The van der Waals surface area contributed by atoms with Crippen molar-refractivity contribution in [2.45, 2.75) is 32.4 Å². The average Bonchev–Trinajstić information content (AvgIpc) is 3.23. The second kappa shape index (κ2) is 6.91. The van der Waals surface area contributed by atoms with Gasteiger partial charge in [-0.1, -0.05) is 19.1 Å². The van der Waals surface area contributed by atoms with E-state index in [0.717, 1.165) is 22.3 Å². The van der Waals surface area contributed by atoms with Gasteiger partial charge in [-0.2, -0.15) is 0 Å². The second-order valence-corrected chi connectivity index (χ2v) is 8.30. The molecule has 1 fully saturated rings. The fourth-order valence-electron chi connectivity index (χ4n) is 1.81. The summed E-state index contributed by atoms with van der Waals surface area (Å²) in [6, 6.07) is 6.50. The third kappa shape index (κ3) is 4.75. The Labute approximate surface area is 129 Å². The molecule has 1 N–H and O–H groups in total. The third-order valence-electron chi connectivity index (χ3n) is 3.29. The number of hydrogen-bond acceptors (Lipinski definition) is 4. The Bertz CT molecular complexity index is 556. The van der Waals surface area contributed by atoms with Gasteiger partial charge in [0.25, 0.3) is 0 Å². The zero-order valence-electron chi connectivity index (χ0n) is 11.6. The van der Waals surface area contributed by atoms with Gasteiger partial charge in [0.15, 0.2) is 9.84 Å². The molecule has 112 valence electrons. The van der Waals surface area contributed by atoms with Gasteiger partial charge in [0.1, 0.15) is 12.4 Å². The maximum atomic E-state index is 11.5. The first-order valence-electron chi connectivity index (χ1n) is 6.86. The van der Waals surface area contributed by atoms with Crippen LogP contribution < -0.4 is 10.1 Å². The highest BCUT2D eigenvalue weighted by Crippen LogP contribution is 2.30. The largest absolute Gasteiger partial charge is 0.491 e. The molecule has 0 atom stereocenters. The molecule has 1 aromatic rings. The number of hydrogen-bond donors (Lipinski definition) is 1. The van der Waals surface area contributed by atoms with Crippen molar-refractivity contribution < 1.29 is 13.2 Å². The fourth-order valence-corrected chi connectivity index (χ4v) is 2.96. The quantitative estimate of drug-likeness (QED) is 0.772. The van der Waals surface area contributed by atoms with Gasteiger partial charge < -0.3 is 10.1 Å². The third-order valence-corrected chi connectivity index (χ3v) is 5.58. The average molecular weight is 362 g/mol. The standard InChI is InChI=1S/C14H20BrNO3S/c1-2-20(17,18)9-8-19-14-11(4-3-5-13(14)15)10-16-12-6-7-12/h3-5,12,16H,2,6-10H2,1H3. The molecule has 0 saturated heterocycles. The number of halogens is 1. The van der Waals surface area contributed by atoms with Gasteiger partial charge in [0.2, 0.25) is 0 Å². The lowest BCUT2D eigenvalue weighted by atomic mass is 10.2. The number of para-hydroxylation sites is 1. The van der Waals surface area contributed by atoms with Crippen molar-refractivity contribution in [1.82, 2.24) is 5.32 Å². The Morgan fingerprint density at radius 2 is 2.15 bits per heavy atom. The lowest BCUT2D eigenvalue weighted by Crippen LogP contribution is -2.18. The molecule has 0 unspecified atom stereocenters. The minimum absolute atomic E-state index is 0.0559. The van der Waals surface area contributed by atoms with Crippen LogP contribution in [0.5, 0.6) is 5.75 Å². The van der Waals surface area contributed by atoms with Crippen LogP contribution in [0.15, 0.2) is 22.7 Å². The molecule has 0 heterocycles. The Kier molecular flexibility index (Phi) is 5.46. The molecule has 0 spiro atoms. The van der Waals surface area contributed by atoms with Crippen LogP contribution in [-0.2, 0) is 16.4 Å². The zero-order chi connectivity index (χ0) is 14.6. The van der Waals surface area contributed by atoms with Crippen molar-refractivity contribution in [2.24, 2.45) is 0 Å². The minimum Gasteiger partial charge on any atom is -0.491 e. The summed E-state index contributed by atoms with van der Waals surface area (Å²) in [6.07, 6.45) is 2.47. The van der Waals surface area contributed by atoms with Gasteiger partial charge in [-0.05, 0) is 34.8 Å². The molecule has 6 heteroatoms. The molecule has 0 bridgehead atoms. The van der Waals surface area contributed by atoms with Gasteiger partial charge in [-0.15, -0.1) is 0 Å². The van der Waals surface area contributed by atoms with E-state index in [2.05, 4.69) is 21.2 Å². The number of nitrogens with one attached hydrogen (secondary N) is 1. The molecule has 1 aliphatic rings. The molecule has 2 rings (SSSR count). The SMILES string of the molecule is CCS(=O)(=O)CCOc1c(Br)cccc1CNC1CC1. The van der Waals surface area contributed by atoms with E-state index >= 15 is 0 Å². The van der Waals surface area contributed by atoms with Crippen LogP contribution in [0.25, 0.3) is 0 Å². The molecule has 0 radical (unpaired) electrons. The summed E-state index contributed by atoms with van der Waals surface area (Å²) in [4.78, 5) is 0. The number of sulfone groups is 1. The first kappa shape index (κ1) is 15.8. The topological polar surface area (TPSA) is 55.4 Å². The summed E-state index contributed by atoms with van der Waals surface area (Å²) >= 11 is 3.47. The molecule has 0 aliphatic heterocycles. The van der Waals surface area contributed by atoms with Crippen molar-refractivity contribution in [3.8, 4) is 5.75 Å². The van der Waals surface area contributed by atoms with Gasteiger partial charge in [-0.25, -0.2) is 8.42 Å². The van der Waals surface area contributed by atoms with Crippen molar-refractivity contribution in [1.29, 1.82) is 0 Å². The van der Waals surface area contributed by atoms with Crippen LogP contribution in [0.3, 0.4) is 0 Å². The molecule has 0 amide bonds. The van der Waals surface area contributed by atoms with Gasteiger partial charge in [0, 0.05) is 23.9 Å². The smallest absolute Gasteiger partial charge is 0.153 e. The van der Waals surface area contributed by atoms with Crippen LogP contribution in [-0.4, -0.2) is 32.6 Å². The van der Waals surface area contributed by atoms with E-state index in [0.29, 0.717) is 6.04 Å². The van der Waals surface area contributed by atoms with E-state index in [1.807, 2.05) is 18.2 Å². The summed E-state index contributed by atoms with van der Waals surface area (Å²) in [5, 5.41) is 3.44. The summed E-state index contributed by atoms with van der Waals surface area (Å²) in [5.74, 6) is 0.954. The summed E-state index contributed by atoms with van der Waals surface area (Å²) in [6.45, 7) is 2.59. The molecule has 20 heavy (non-hydrogen) atoms. The fraction of sp³-hybridized carbons (Fsp3) is 0.571. The zero-order valence-corrected chi connectivity index (χ0v) is 14.0. The molecule has 1 aliphatic carbocycles. The molecule has 4 nitrogen and oxygen atoms in total. The van der Waals surface area contributed by atoms with Crippen molar-refractivity contribution >= 4 is 25.8 Å². The number of ether oxygens (including phenoxy) is 1. The number of rotatable bonds is 8. The molecular weight excluding hydrogens is 342 g/mol. The predicted molar refractivity (Wildman–Crippen MR) is 83.8 cm³/mol.